The highest BCUT2D eigenvalue weighted by atomic mass is 16.6. The van der Waals surface area contributed by atoms with Crippen LogP contribution < -0.4 is 16.4 Å². The summed E-state index contributed by atoms with van der Waals surface area (Å²) in [6.07, 6.45) is 13.7. The highest BCUT2D eigenvalue weighted by Crippen LogP contribution is 2.43. The molecule has 0 unspecified atom stereocenters. The maximum absolute atomic E-state index is 12.5. The van der Waals surface area contributed by atoms with Crippen molar-refractivity contribution in [3.8, 4) is 0 Å². The third kappa shape index (κ3) is 9.76. The van der Waals surface area contributed by atoms with Gasteiger partial charge in [-0.05, 0) is 58.4 Å². The molecule has 234 valence electrons. The van der Waals surface area contributed by atoms with Crippen molar-refractivity contribution in [1.82, 2.24) is 10.6 Å². The van der Waals surface area contributed by atoms with Gasteiger partial charge in [0, 0.05) is 37.9 Å². The summed E-state index contributed by atoms with van der Waals surface area (Å²) in [4.78, 5) is 35.9. The van der Waals surface area contributed by atoms with Gasteiger partial charge in [-0.3, -0.25) is 14.4 Å². The average Bonchev–Trinajstić information content (AvgIpc) is 3.63. The summed E-state index contributed by atoms with van der Waals surface area (Å²) in [5.74, 6) is -0.323. The smallest absolute Gasteiger partial charge is 0.303 e. The summed E-state index contributed by atoms with van der Waals surface area (Å²) in [5, 5.41) is 6.09. The molecule has 8 atom stereocenters. The molecule has 3 saturated heterocycles. The molecule has 1 spiro atoms. The Balaban J connectivity index is 1.22. The zero-order chi connectivity index (χ0) is 30.4. The lowest BCUT2D eigenvalue weighted by atomic mass is 9.87. The number of amides is 2. The Morgan fingerprint density at radius 2 is 1.81 bits per heavy atom. The minimum atomic E-state index is -0.460. The van der Waals surface area contributed by atoms with E-state index in [4.69, 9.17) is 24.7 Å². The fourth-order valence-electron chi connectivity index (χ4n) is 6.15. The third-order valence-corrected chi connectivity index (χ3v) is 8.71. The summed E-state index contributed by atoms with van der Waals surface area (Å²) in [6, 6.07) is 0.305. The van der Waals surface area contributed by atoms with E-state index >= 15 is 0 Å². The lowest BCUT2D eigenvalue weighted by Gasteiger charge is -2.39. The molecule has 0 bridgehead atoms. The number of hydrogen-bond acceptors (Lipinski definition) is 8. The molecule has 42 heavy (non-hydrogen) atoms. The lowest BCUT2D eigenvalue weighted by Crippen LogP contribution is -2.51. The SMILES string of the molecule is CC(=O)O[C@@H](C)/C=C\C(=O)N[C@@H]1C[C@H](C)[C@H](C/C=C(C)/C=C/[C@@H]2C[C@]3(CO3)C[C@@H](CC(=O)NC3CC(N)C3)O2)O[C@@H]1C. The minimum absolute atomic E-state index is 0.0244. The van der Waals surface area contributed by atoms with Gasteiger partial charge in [0.15, 0.2) is 0 Å². The van der Waals surface area contributed by atoms with Crippen LogP contribution in [0.1, 0.15) is 79.6 Å². The molecule has 1 saturated carbocycles. The van der Waals surface area contributed by atoms with Crippen LogP contribution >= 0.6 is 0 Å². The van der Waals surface area contributed by atoms with Gasteiger partial charge in [-0.2, -0.15) is 0 Å². The number of carbonyl (C=O) groups is 3. The van der Waals surface area contributed by atoms with Crippen molar-refractivity contribution < 1.29 is 33.3 Å². The van der Waals surface area contributed by atoms with Gasteiger partial charge in [-0.1, -0.05) is 30.7 Å². The van der Waals surface area contributed by atoms with Crippen molar-refractivity contribution >= 4 is 17.8 Å². The fraction of sp³-hybridized carbons (Fsp3) is 0.719. The summed E-state index contributed by atoms with van der Waals surface area (Å²) >= 11 is 0. The third-order valence-electron chi connectivity index (χ3n) is 8.71. The monoisotopic (exact) mass is 587 g/mol. The van der Waals surface area contributed by atoms with Crippen molar-refractivity contribution in [1.29, 1.82) is 0 Å². The highest BCUT2D eigenvalue weighted by molar-refractivity contribution is 5.87. The van der Waals surface area contributed by atoms with E-state index in [1.165, 1.54) is 13.0 Å². The van der Waals surface area contributed by atoms with E-state index in [-0.39, 0.29) is 71.8 Å². The topological polar surface area (TPSA) is 142 Å². The van der Waals surface area contributed by atoms with Crippen LogP contribution in [0, 0.1) is 5.92 Å². The molecule has 2 amide bonds. The first kappa shape index (κ1) is 32.4. The van der Waals surface area contributed by atoms with Crippen LogP contribution in [0.25, 0.3) is 0 Å². The van der Waals surface area contributed by atoms with E-state index < -0.39 is 6.10 Å². The number of allylic oxidation sites excluding steroid dienone is 2. The highest BCUT2D eigenvalue weighted by Gasteiger charge is 2.51. The number of epoxide rings is 1. The Hall–Kier alpha value is -2.53. The molecule has 0 radical (unpaired) electrons. The lowest BCUT2D eigenvalue weighted by molar-refractivity contribution is -0.143. The fourth-order valence-corrected chi connectivity index (χ4v) is 6.15. The first-order chi connectivity index (χ1) is 19.9. The van der Waals surface area contributed by atoms with Crippen molar-refractivity contribution in [2.24, 2.45) is 11.7 Å². The van der Waals surface area contributed by atoms with E-state index in [1.807, 2.05) is 6.92 Å². The first-order valence-electron chi connectivity index (χ1n) is 15.4. The summed E-state index contributed by atoms with van der Waals surface area (Å²) in [6.45, 7) is 9.98. The van der Waals surface area contributed by atoms with E-state index in [2.05, 4.69) is 42.7 Å². The molecular formula is C32H49N3O7. The maximum atomic E-state index is 12.5. The number of esters is 1. The average molecular weight is 588 g/mol. The molecule has 0 aromatic heterocycles. The maximum Gasteiger partial charge on any atom is 0.303 e. The van der Waals surface area contributed by atoms with Crippen molar-refractivity contribution in [2.45, 2.75) is 134 Å². The Morgan fingerprint density at radius 3 is 2.48 bits per heavy atom. The molecule has 3 aliphatic heterocycles. The van der Waals surface area contributed by atoms with Crippen molar-refractivity contribution in [2.75, 3.05) is 6.61 Å². The molecule has 10 heteroatoms. The Labute approximate surface area is 249 Å². The largest absolute Gasteiger partial charge is 0.459 e. The molecule has 10 nitrogen and oxygen atoms in total. The van der Waals surface area contributed by atoms with Crippen LogP contribution in [-0.2, 0) is 33.3 Å². The van der Waals surface area contributed by atoms with Gasteiger partial charge in [0.1, 0.15) is 6.10 Å². The number of hydrogen-bond donors (Lipinski definition) is 3. The van der Waals surface area contributed by atoms with E-state index in [0.29, 0.717) is 6.42 Å². The summed E-state index contributed by atoms with van der Waals surface area (Å²) in [7, 11) is 0. The normalized spacial score (nSPS) is 37.3. The first-order valence-corrected chi connectivity index (χ1v) is 15.4. The van der Waals surface area contributed by atoms with Gasteiger partial charge in [-0.25, -0.2) is 0 Å². The van der Waals surface area contributed by atoms with Crippen LogP contribution in [0.4, 0.5) is 0 Å². The van der Waals surface area contributed by atoms with Gasteiger partial charge >= 0.3 is 5.97 Å². The van der Waals surface area contributed by atoms with Crippen LogP contribution in [0.3, 0.4) is 0 Å². The number of rotatable bonds is 11. The second kappa shape index (κ2) is 14.3. The molecule has 0 aromatic rings. The van der Waals surface area contributed by atoms with Gasteiger partial charge in [-0.15, -0.1) is 0 Å². The van der Waals surface area contributed by atoms with Crippen LogP contribution in [-0.4, -0.2) is 78.6 Å². The molecule has 4 N–H and O–H groups in total. The van der Waals surface area contributed by atoms with E-state index in [1.54, 1.807) is 13.0 Å². The van der Waals surface area contributed by atoms with Crippen LogP contribution in [0.2, 0.25) is 0 Å². The zero-order valence-electron chi connectivity index (χ0n) is 25.7. The van der Waals surface area contributed by atoms with E-state index in [0.717, 1.165) is 50.7 Å². The minimum Gasteiger partial charge on any atom is -0.459 e. The molecule has 4 fully saturated rings. The Kier molecular flexibility index (Phi) is 11.0. The predicted octanol–water partition coefficient (Wildman–Crippen LogP) is 3.00. The number of ether oxygens (including phenoxy) is 4. The van der Waals surface area contributed by atoms with Crippen molar-refractivity contribution in [3.05, 3.63) is 36.0 Å². The van der Waals surface area contributed by atoms with Crippen LogP contribution in [0.15, 0.2) is 36.0 Å². The molecule has 1 aliphatic carbocycles. The number of nitrogens with two attached hydrogens (primary N) is 1. The second-order valence-corrected chi connectivity index (χ2v) is 12.8. The summed E-state index contributed by atoms with van der Waals surface area (Å²) in [5.41, 5.74) is 6.80. The van der Waals surface area contributed by atoms with Gasteiger partial charge < -0.3 is 35.3 Å². The molecular weight excluding hydrogens is 538 g/mol. The Bertz CT molecular complexity index is 1060. The van der Waals surface area contributed by atoms with Gasteiger partial charge in [0.2, 0.25) is 11.8 Å². The van der Waals surface area contributed by atoms with Crippen LogP contribution in [0.5, 0.6) is 0 Å². The summed E-state index contributed by atoms with van der Waals surface area (Å²) < 4.78 is 23.4. The standard InChI is InChI=1S/C32H49N3O7/c1-19(6-9-26-16-32(18-39-32)17-27(42-26)15-31(38)34-25-13-24(33)14-25)7-10-29-20(2)12-28(22(4)41-29)35-30(37)11-8-21(3)40-23(5)36/h6-9,11,20-22,24-29H,10,12-18,33H2,1-5H3,(H,34,38)(H,35,37)/b9-6+,11-8-,19-7+/t20-,21-,22+,24?,25?,26+,27+,28+,29-,32+/m0/s1. The van der Waals surface area contributed by atoms with Gasteiger partial charge in [0.25, 0.3) is 0 Å². The number of nitrogens with one attached hydrogen (secondary N) is 2. The van der Waals surface area contributed by atoms with Crippen molar-refractivity contribution in [3.63, 3.8) is 0 Å². The number of carbonyl (C=O) groups excluding carboxylic acids is 3. The quantitative estimate of drug-likeness (QED) is 0.145. The molecule has 4 rings (SSSR count). The predicted molar refractivity (Wildman–Crippen MR) is 158 cm³/mol. The molecule has 3 heterocycles. The molecule has 0 aromatic carbocycles. The second-order valence-electron chi connectivity index (χ2n) is 12.8. The zero-order valence-corrected chi connectivity index (χ0v) is 25.7. The van der Waals surface area contributed by atoms with E-state index in [9.17, 15) is 14.4 Å². The molecule has 4 aliphatic rings. The Morgan fingerprint density at radius 1 is 1.07 bits per heavy atom. The van der Waals surface area contributed by atoms with Gasteiger partial charge in [0.05, 0.1) is 49.1 Å².